The van der Waals surface area contributed by atoms with Crippen molar-refractivity contribution in [1.29, 1.82) is 0 Å². The van der Waals surface area contributed by atoms with Gasteiger partial charge in [-0.3, -0.25) is 4.79 Å². The van der Waals surface area contributed by atoms with Gasteiger partial charge < -0.3 is 5.73 Å². The Morgan fingerprint density at radius 3 is 2.71 bits per heavy atom. The van der Waals surface area contributed by atoms with Crippen molar-refractivity contribution in [3.63, 3.8) is 0 Å². The van der Waals surface area contributed by atoms with Crippen LogP contribution in [0.4, 0.5) is 5.69 Å². The maximum absolute atomic E-state index is 12.2. The van der Waals surface area contributed by atoms with Gasteiger partial charge in [0.25, 0.3) is 15.9 Å². The van der Waals surface area contributed by atoms with E-state index in [9.17, 15) is 13.2 Å². The minimum Gasteiger partial charge on any atom is -0.399 e. The number of hydrogen-bond acceptors (Lipinski definition) is 4. The molecule has 1 fully saturated rings. The molecule has 0 spiro atoms. The first-order chi connectivity index (χ1) is 8.00. The van der Waals surface area contributed by atoms with Crippen LogP contribution < -0.4 is 5.73 Å². The number of carbonyl (C=O) groups excluding carboxylic acids is 1. The van der Waals surface area contributed by atoms with Crippen LogP contribution in [0.3, 0.4) is 0 Å². The molecule has 6 heteroatoms. The number of nitrogens with two attached hydrogens (primary N) is 1. The van der Waals surface area contributed by atoms with Crippen LogP contribution in [0.2, 0.25) is 0 Å². The number of nitrogens with zero attached hydrogens (tertiary/aromatic N) is 1. The lowest BCUT2D eigenvalue weighted by Gasteiger charge is -2.13. The van der Waals surface area contributed by atoms with Crippen molar-refractivity contribution < 1.29 is 13.2 Å². The first-order valence-electron chi connectivity index (χ1n) is 5.47. The monoisotopic (exact) mass is 252 g/mol. The molecule has 1 saturated carbocycles. The molecule has 1 aliphatic heterocycles. The van der Waals surface area contributed by atoms with Gasteiger partial charge in [-0.2, -0.15) is 0 Å². The zero-order chi connectivity index (χ0) is 12.2. The second kappa shape index (κ2) is 3.22. The molecule has 0 atom stereocenters. The molecule has 0 bridgehead atoms. The van der Waals surface area contributed by atoms with Gasteiger partial charge in [-0.05, 0) is 37.0 Å². The summed E-state index contributed by atoms with van der Waals surface area (Å²) in [5.41, 5.74) is 6.15. The molecule has 1 aromatic carbocycles. The highest BCUT2D eigenvalue weighted by molar-refractivity contribution is 7.90. The van der Waals surface area contributed by atoms with E-state index in [0.717, 1.165) is 17.1 Å². The number of rotatable bonds is 2. The molecule has 1 heterocycles. The number of carbonyl (C=O) groups is 1. The Kier molecular flexibility index (Phi) is 2.01. The standard InChI is InChI=1S/C11H12N2O3S/c12-8-3-4-9-10(5-8)17(15,16)13(11(9)14)6-7-1-2-7/h3-5,7H,1-2,6,12H2. The minimum atomic E-state index is -3.67. The van der Waals surface area contributed by atoms with E-state index in [-0.39, 0.29) is 10.5 Å². The molecule has 0 unspecified atom stereocenters. The Bertz CT molecular complexity index is 605. The lowest BCUT2D eigenvalue weighted by Crippen LogP contribution is -2.31. The van der Waals surface area contributed by atoms with Crippen LogP contribution in [0, 0.1) is 5.92 Å². The van der Waals surface area contributed by atoms with Crippen LogP contribution in [0.1, 0.15) is 23.2 Å². The number of sulfonamides is 1. The molecule has 0 saturated heterocycles. The molecule has 3 rings (SSSR count). The summed E-state index contributed by atoms with van der Waals surface area (Å²) in [6, 6.07) is 4.39. The molecular weight excluding hydrogens is 240 g/mol. The van der Waals surface area contributed by atoms with Crippen molar-refractivity contribution in [3.05, 3.63) is 23.8 Å². The third kappa shape index (κ3) is 1.51. The highest BCUT2D eigenvalue weighted by atomic mass is 32.2. The molecule has 5 nitrogen and oxygen atoms in total. The smallest absolute Gasteiger partial charge is 0.269 e. The van der Waals surface area contributed by atoms with Gasteiger partial charge in [-0.15, -0.1) is 0 Å². The van der Waals surface area contributed by atoms with E-state index in [4.69, 9.17) is 5.73 Å². The van der Waals surface area contributed by atoms with E-state index >= 15 is 0 Å². The zero-order valence-corrected chi connectivity index (χ0v) is 9.90. The van der Waals surface area contributed by atoms with E-state index in [2.05, 4.69) is 0 Å². The molecule has 90 valence electrons. The molecule has 2 N–H and O–H groups in total. The Hall–Kier alpha value is -1.56. The van der Waals surface area contributed by atoms with Gasteiger partial charge in [0.1, 0.15) is 4.90 Å². The number of nitrogen functional groups attached to an aromatic ring is 1. The summed E-state index contributed by atoms with van der Waals surface area (Å²) >= 11 is 0. The predicted molar refractivity (Wildman–Crippen MR) is 61.8 cm³/mol. The molecule has 1 aromatic rings. The van der Waals surface area contributed by atoms with Crippen LogP contribution >= 0.6 is 0 Å². The maximum atomic E-state index is 12.2. The predicted octanol–water partition coefficient (Wildman–Crippen LogP) is 0.823. The number of fused-ring (bicyclic) bond motifs is 1. The summed E-state index contributed by atoms with van der Waals surface area (Å²) in [7, 11) is -3.67. The Balaban J connectivity index is 2.10. The topological polar surface area (TPSA) is 80.5 Å². The van der Waals surface area contributed by atoms with E-state index in [1.165, 1.54) is 12.1 Å². The summed E-state index contributed by atoms with van der Waals surface area (Å²) in [5.74, 6) is -0.0905. The third-order valence-electron chi connectivity index (χ3n) is 3.15. The molecule has 0 aromatic heterocycles. The Labute approximate surface area is 99.3 Å². The first-order valence-corrected chi connectivity index (χ1v) is 6.91. The summed E-state index contributed by atoms with van der Waals surface area (Å²) in [5, 5.41) is 0. The second-order valence-corrected chi connectivity index (χ2v) is 6.37. The van der Waals surface area contributed by atoms with Gasteiger partial charge in [-0.25, -0.2) is 12.7 Å². The average molecular weight is 252 g/mol. The van der Waals surface area contributed by atoms with Crippen LogP contribution in [0.15, 0.2) is 23.1 Å². The highest BCUT2D eigenvalue weighted by Crippen LogP contribution is 2.37. The van der Waals surface area contributed by atoms with E-state index in [1.807, 2.05) is 0 Å². The Morgan fingerprint density at radius 2 is 2.06 bits per heavy atom. The zero-order valence-electron chi connectivity index (χ0n) is 9.09. The van der Waals surface area contributed by atoms with Crippen molar-refractivity contribution >= 4 is 21.6 Å². The van der Waals surface area contributed by atoms with Crippen LogP contribution in [0.5, 0.6) is 0 Å². The summed E-state index contributed by atoms with van der Waals surface area (Å²) in [6.07, 6.45) is 2.00. The average Bonchev–Trinajstić information content (AvgIpc) is 3.05. The highest BCUT2D eigenvalue weighted by Gasteiger charge is 2.43. The third-order valence-corrected chi connectivity index (χ3v) is 4.94. The van der Waals surface area contributed by atoms with E-state index < -0.39 is 15.9 Å². The lowest BCUT2D eigenvalue weighted by atomic mass is 10.2. The molecule has 1 aliphatic carbocycles. The van der Waals surface area contributed by atoms with Crippen LogP contribution in [0.25, 0.3) is 0 Å². The minimum absolute atomic E-state index is 0.0446. The summed E-state index contributed by atoms with van der Waals surface area (Å²) in [6.45, 7) is 0.301. The quantitative estimate of drug-likeness (QED) is 0.790. The summed E-state index contributed by atoms with van der Waals surface area (Å²) < 4.78 is 25.3. The fraction of sp³-hybridized carbons (Fsp3) is 0.364. The SMILES string of the molecule is Nc1ccc2c(c1)S(=O)(=O)N(CC1CC1)C2=O. The Morgan fingerprint density at radius 1 is 1.35 bits per heavy atom. The number of hydrogen-bond donors (Lipinski definition) is 1. The van der Waals surface area contributed by atoms with Gasteiger partial charge in [0.05, 0.1) is 5.56 Å². The van der Waals surface area contributed by atoms with Gasteiger partial charge >= 0.3 is 0 Å². The van der Waals surface area contributed by atoms with Gasteiger partial charge in [0.15, 0.2) is 0 Å². The van der Waals surface area contributed by atoms with Crippen molar-refractivity contribution in [2.45, 2.75) is 17.7 Å². The van der Waals surface area contributed by atoms with Crippen LogP contribution in [-0.2, 0) is 10.0 Å². The fourth-order valence-corrected chi connectivity index (χ4v) is 3.69. The van der Waals surface area contributed by atoms with Crippen LogP contribution in [-0.4, -0.2) is 25.2 Å². The van der Waals surface area contributed by atoms with Gasteiger partial charge in [0, 0.05) is 12.2 Å². The molecule has 0 radical (unpaired) electrons. The number of anilines is 1. The second-order valence-electron chi connectivity index (χ2n) is 4.54. The van der Waals surface area contributed by atoms with Crippen molar-refractivity contribution in [2.24, 2.45) is 5.92 Å². The normalized spacial score (nSPS) is 21.6. The largest absolute Gasteiger partial charge is 0.399 e. The van der Waals surface area contributed by atoms with Gasteiger partial charge in [0.2, 0.25) is 0 Å². The van der Waals surface area contributed by atoms with Crippen molar-refractivity contribution in [1.82, 2.24) is 4.31 Å². The van der Waals surface area contributed by atoms with E-state index in [0.29, 0.717) is 18.2 Å². The lowest BCUT2D eigenvalue weighted by molar-refractivity contribution is 0.0867. The number of amides is 1. The first kappa shape index (κ1) is 10.6. The fourth-order valence-electron chi connectivity index (χ4n) is 2.01. The maximum Gasteiger partial charge on any atom is 0.269 e. The van der Waals surface area contributed by atoms with E-state index in [1.54, 1.807) is 6.07 Å². The molecule has 1 amide bonds. The molecule has 2 aliphatic rings. The number of benzene rings is 1. The molecular formula is C11H12N2O3S. The van der Waals surface area contributed by atoms with Crippen molar-refractivity contribution in [2.75, 3.05) is 12.3 Å². The van der Waals surface area contributed by atoms with Crippen molar-refractivity contribution in [3.8, 4) is 0 Å². The summed E-state index contributed by atoms with van der Waals surface area (Å²) in [4.78, 5) is 12.0. The molecule has 17 heavy (non-hydrogen) atoms. The van der Waals surface area contributed by atoms with Gasteiger partial charge in [-0.1, -0.05) is 0 Å².